The van der Waals surface area contributed by atoms with E-state index < -0.39 is 0 Å². The molecule has 23 heavy (non-hydrogen) atoms. The van der Waals surface area contributed by atoms with Crippen molar-refractivity contribution in [2.24, 2.45) is 7.05 Å². The largest absolute Gasteiger partial charge is 0.496 e. The molecule has 1 aliphatic heterocycles. The molecule has 5 nitrogen and oxygen atoms in total. The maximum atomic E-state index is 12.7. The Morgan fingerprint density at radius 1 is 1.39 bits per heavy atom. The summed E-state index contributed by atoms with van der Waals surface area (Å²) in [4.78, 5) is 14.6. The van der Waals surface area contributed by atoms with Gasteiger partial charge in [-0.15, -0.1) is 11.8 Å². The highest BCUT2D eigenvalue weighted by Crippen LogP contribution is 2.31. The van der Waals surface area contributed by atoms with Crippen LogP contribution in [0.2, 0.25) is 0 Å². The monoisotopic (exact) mass is 331 g/mol. The van der Waals surface area contributed by atoms with E-state index in [0.717, 1.165) is 42.1 Å². The van der Waals surface area contributed by atoms with E-state index in [0.29, 0.717) is 0 Å². The van der Waals surface area contributed by atoms with Crippen LogP contribution in [0.4, 0.5) is 5.69 Å². The van der Waals surface area contributed by atoms with Crippen LogP contribution in [0.3, 0.4) is 0 Å². The van der Waals surface area contributed by atoms with Gasteiger partial charge in [0.25, 0.3) is 0 Å². The van der Waals surface area contributed by atoms with Gasteiger partial charge in [-0.2, -0.15) is 5.10 Å². The predicted molar refractivity (Wildman–Crippen MR) is 92.9 cm³/mol. The average molecular weight is 331 g/mol. The van der Waals surface area contributed by atoms with Crippen LogP contribution in [-0.4, -0.2) is 34.6 Å². The van der Waals surface area contributed by atoms with Crippen molar-refractivity contribution < 1.29 is 9.53 Å². The predicted octanol–water partition coefficient (Wildman–Crippen LogP) is 2.86. The van der Waals surface area contributed by atoms with Crippen molar-refractivity contribution in [3.8, 4) is 5.75 Å². The minimum Gasteiger partial charge on any atom is -0.496 e. The number of benzene rings is 1. The number of methoxy groups -OCH3 is 1. The molecule has 1 amide bonds. The second kappa shape index (κ2) is 7.08. The quantitative estimate of drug-likeness (QED) is 0.845. The number of hydrogen-bond donors (Lipinski definition) is 0. The van der Waals surface area contributed by atoms with Gasteiger partial charge in [-0.1, -0.05) is 18.2 Å². The Balaban J connectivity index is 1.67. The zero-order valence-corrected chi connectivity index (χ0v) is 14.3. The molecule has 6 heteroatoms. The van der Waals surface area contributed by atoms with Crippen LogP contribution in [0, 0.1) is 0 Å². The van der Waals surface area contributed by atoms with E-state index in [2.05, 4.69) is 11.2 Å². The fraction of sp³-hybridized carbons (Fsp3) is 0.412. The summed E-state index contributed by atoms with van der Waals surface area (Å²) in [5.41, 5.74) is 2.02. The zero-order valence-electron chi connectivity index (χ0n) is 13.4. The molecule has 0 N–H and O–H groups in total. The Hall–Kier alpha value is -1.95. The van der Waals surface area contributed by atoms with E-state index in [1.165, 1.54) is 0 Å². The van der Waals surface area contributed by atoms with Crippen molar-refractivity contribution in [1.29, 1.82) is 0 Å². The maximum absolute atomic E-state index is 12.7. The molecule has 0 aliphatic carbocycles. The number of hydrogen-bond acceptors (Lipinski definition) is 4. The molecule has 1 fully saturated rings. The number of carbonyl (C=O) groups excluding carboxylic acids is 1. The smallest absolute Gasteiger partial charge is 0.240 e. The lowest BCUT2D eigenvalue weighted by Crippen LogP contribution is -2.42. The number of piperidine rings is 1. The summed E-state index contributed by atoms with van der Waals surface area (Å²) in [6.07, 6.45) is 5.59. The van der Waals surface area contributed by atoms with Gasteiger partial charge in [0.15, 0.2) is 0 Å². The fourth-order valence-electron chi connectivity index (χ4n) is 2.81. The van der Waals surface area contributed by atoms with Crippen molar-refractivity contribution in [3.63, 3.8) is 0 Å². The number of rotatable bonds is 5. The van der Waals surface area contributed by atoms with Crippen LogP contribution in [0.25, 0.3) is 0 Å². The molecule has 1 aromatic heterocycles. The number of nitrogens with zero attached hydrogens (tertiary/aromatic N) is 3. The number of anilines is 1. The molecule has 0 unspecified atom stereocenters. The standard InChI is InChI=1S/C17H21N3O2S/c1-19-11-14(10-18-19)20-9-5-8-16(17(20)21)23-12-13-6-3-4-7-15(13)22-2/h3-4,6-7,10-11,16H,5,8-9,12H2,1-2H3/t16-/m0/s1. The van der Waals surface area contributed by atoms with E-state index in [4.69, 9.17) is 4.74 Å². The van der Waals surface area contributed by atoms with Gasteiger partial charge in [-0.05, 0) is 18.9 Å². The molecule has 3 rings (SSSR count). The molecule has 1 saturated heterocycles. The first kappa shape index (κ1) is 15.9. The lowest BCUT2D eigenvalue weighted by atomic mass is 10.1. The van der Waals surface area contributed by atoms with E-state index in [1.807, 2.05) is 36.3 Å². The molecule has 1 atom stereocenters. The molecule has 122 valence electrons. The van der Waals surface area contributed by atoms with E-state index in [1.54, 1.807) is 29.8 Å². The second-order valence-corrected chi connectivity index (χ2v) is 6.81. The Morgan fingerprint density at radius 2 is 2.22 bits per heavy atom. The number of ether oxygens (including phenoxy) is 1. The first-order valence-corrected chi connectivity index (χ1v) is 8.77. The minimum absolute atomic E-state index is 0.00568. The Morgan fingerprint density at radius 3 is 2.96 bits per heavy atom. The van der Waals surface area contributed by atoms with Gasteiger partial charge in [-0.3, -0.25) is 9.48 Å². The number of thioether (sulfide) groups is 1. The third-order valence-corrected chi connectivity index (χ3v) is 5.34. The summed E-state index contributed by atoms with van der Waals surface area (Å²) in [6.45, 7) is 0.774. The summed E-state index contributed by atoms with van der Waals surface area (Å²) in [5.74, 6) is 1.85. The molecule has 1 aliphatic rings. The highest BCUT2D eigenvalue weighted by molar-refractivity contribution is 7.99. The van der Waals surface area contributed by atoms with Crippen LogP contribution in [0.15, 0.2) is 36.7 Å². The van der Waals surface area contributed by atoms with Crippen molar-refractivity contribution in [2.75, 3.05) is 18.6 Å². The van der Waals surface area contributed by atoms with Gasteiger partial charge in [0, 0.05) is 31.1 Å². The van der Waals surface area contributed by atoms with E-state index in [-0.39, 0.29) is 11.2 Å². The molecule has 0 saturated carbocycles. The first-order valence-electron chi connectivity index (χ1n) is 7.72. The number of aryl methyl sites for hydroxylation is 1. The van der Waals surface area contributed by atoms with Crippen molar-refractivity contribution >= 4 is 23.4 Å². The van der Waals surface area contributed by atoms with Gasteiger partial charge in [0.1, 0.15) is 5.75 Å². The fourth-order valence-corrected chi connectivity index (χ4v) is 4.04. The third kappa shape index (κ3) is 3.52. The highest BCUT2D eigenvalue weighted by atomic mass is 32.2. The molecule has 2 heterocycles. The number of amides is 1. The molecule has 0 bridgehead atoms. The Kier molecular flexibility index (Phi) is 4.91. The van der Waals surface area contributed by atoms with Crippen LogP contribution in [0.1, 0.15) is 18.4 Å². The SMILES string of the molecule is COc1ccccc1CS[C@H]1CCCN(c2cnn(C)c2)C1=O. The van der Waals surface area contributed by atoms with Crippen molar-refractivity contribution in [2.45, 2.75) is 23.8 Å². The van der Waals surface area contributed by atoms with Crippen LogP contribution in [0.5, 0.6) is 5.75 Å². The number of aromatic nitrogens is 2. The summed E-state index contributed by atoms with van der Waals surface area (Å²) in [6, 6.07) is 7.98. The summed E-state index contributed by atoms with van der Waals surface area (Å²) >= 11 is 1.69. The van der Waals surface area contributed by atoms with Crippen molar-refractivity contribution in [3.05, 3.63) is 42.2 Å². The minimum atomic E-state index is -0.00568. The molecular weight excluding hydrogens is 310 g/mol. The summed E-state index contributed by atoms with van der Waals surface area (Å²) in [5, 5.41) is 4.16. The number of para-hydroxylation sites is 1. The van der Waals surface area contributed by atoms with Gasteiger partial charge in [0.2, 0.25) is 5.91 Å². The lowest BCUT2D eigenvalue weighted by molar-refractivity contribution is -0.119. The molecule has 0 radical (unpaired) electrons. The lowest BCUT2D eigenvalue weighted by Gasteiger charge is -2.31. The summed E-state index contributed by atoms with van der Waals surface area (Å²) < 4.78 is 7.12. The van der Waals surface area contributed by atoms with Gasteiger partial charge < -0.3 is 9.64 Å². The third-order valence-electron chi connectivity index (χ3n) is 4.02. The van der Waals surface area contributed by atoms with Gasteiger partial charge >= 0.3 is 0 Å². The topological polar surface area (TPSA) is 47.4 Å². The normalized spacial score (nSPS) is 18.3. The van der Waals surface area contributed by atoms with Gasteiger partial charge in [0.05, 0.1) is 24.2 Å². The van der Waals surface area contributed by atoms with Crippen LogP contribution >= 0.6 is 11.8 Å². The zero-order chi connectivity index (χ0) is 16.2. The average Bonchev–Trinajstić information content (AvgIpc) is 3.00. The Bertz CT molecular complexity index is 686. The molecular formula is C17H21N3O2S. The first-order chi connectivity index (χ1) is 11.2. The molecule has 2 aromatic rings. The number of carbonyl (C=O) groups is 1. The second-order valence-electron chi connectivity index (χ2n) is 5.62. The maximum Gasteiger partial charge on any atom is 0.240 e. The summed E-state index contributed by atoms with van der Waals surface area (Å²) in [7, 11) is 3.55. The molecule has 0 spiro atoms. The molecule has 1 aromatic carbocycles. The van der Waals surface area contributed by atoms with Crippen LogP contribution < -0.4 is 9.64 Å². The van der Waals surface area contributed by atoms with E-state index in [9.17, 15) is 4.79 Å². The highest BCUT2D eigenvalue weighted by Gasteiger charge is 2.30. The van der Waals surface area contributed by atoms with Gasteiger partial charge in [-0.25, -0.2) is 0 Å². The van der Waals surface area contributed by atoms with Crippen molar-refractivity contribution in [1.82, 2.24) is 9.78 Å². The van der Waals surface area contributed by atoms with E-state index >= 15 is 0 Å². The van der Waals surface area contributed by atoms with Crippen LogP contribution in [-0.2, 0) is 17.6 Å². The Labute approximate surface area is 140 Å².